The second-order valence-corrected chi connectivity index (χ2v) is 6.68. The highest BCUT2D eigenvalue weighted by atomic mass is 16.2. The number of nitrogens with one attached hydrogen (secondary N) is 3. The third kappa shape index (κ3) is 4.65. The molecule has 0 fully saturated rings. The van der Waals surface area contributed by atoms with Crippen LogP contribution in [0.5, 0.6) is 0 Å². The molecule has 1 aliphatic heterocycles. The van der Waals surface area contributed by atoms with Gasteiger partial charge in [-0.3, -0.25) is 14.4 Å². The number of para-hydroxylation sites is 2. The lowest BCUT2D eigenvalue weighted by atomic mass is 9.89. The van der Waals surface area contributed by atoms with Crippen LogP contribution in [0, 0.1) is 5.92 Å². The zero-order valence-corrected chi connectivity index (χ0v) is 15.5. The molecule has 0 saturated carbocycles. The highest BCUT2D eigenvalue weighted by Crippen LogP contribution is 2.27. The maximum Gasteiger partial charge on any atom is 0.253 e. The second kappa shape index (κ2) is 8.99. The largest absolute Gasteiger partial charge is 0.349 e. The molecule has 0 bridgehead atoms. The Morgan fingerprint density at radius 2 is 1.89 bits per heavy atom. The van der Waals surface area contributed by atoms with E-state index in [0.717, 1.165) is 11.3 Å². The van der Waals surface area contributed by atoms with E-state index in [9.17, 15) is 14.4 Å². The van der Waals surface area contributed by atoms with Crippen LogP contribution in [0.25, 0.3) is 0 Å². The van der Waals surface area contributed by atoms with Crippen molar-refractivity contribution in [3.8, 4) is 0 Å². The van der Waals surface area contributed by atoms with Gasteiger partial charge in [0, 0.05) is 24.6 Å². The first-order valence-corrected chi connectivity index (χ1v) is 9.25. The van der Waals surface area contributed by atoms with Crippen LogP contribution in [0.1, 0.15) is 28.8 Å². The van der Waals surface area contributed by atoms with E-state index in [1.807, 2.05) is 24.3 Å². The van der Waals surface area contributed by atoms with Gasteiger partial charge in [-0.2, -0.15) is 0 Å². The van der Waals surface area contributed by atoms with Gasteiger partial charge in [-0.25, -0.2) is 0 Å². The van der Waals surface area contributed by atoms with Gasteiger partial charge in [0.05, 0.1) is 11.3 Å². The van der Waals surface area contributed by atoms with Crippen molar-refractivity contribution < 1.29 is 14.4 Å². The van der Waals surface area contributed by atoms with Gasteiger partial charge in [0.1, 0.15) is 0 Å². The number of anilines is 2. The van der Waals surface area contributed by atoms with Crippen molar-refractivity contribution in [3.05, 3.63) is 72.3 Å². The Balaban J connectivity index is 1.59. The van der Waals surface area contributed by atoms with Gasteiger partial charge in [-0.1, -0.05) is 36.4 Å². The Morgan fingerprint density at radius 1 is 1.14 bits per heavy atom. The Bertz CT molecular complexity index is 907. The third-order valence-electron chi connectivity index (χ3n) is 4.68. The van der Waals surface area contributed by atoms with E-state index in [2.05, 4.69) is 22.5 Å². The highest BCUT2D eigenvalue weighted by molar-refractivity contribution is 6.04. The molecule has 1 aliphatic rings. The van der Waals surface area contributed by atoms with E-state index in [-0.39, 0.29) is 30.1 Å². The Morgan fingerprint density at radius 3 is 2.71 bits per heavy atom. The zero-order valence-electron chi connectivity index (χ0n) is 15.5. The fraction of sp³-hybridized carbons (Fsp3) is 0.227. The van der Waals surface area contributed by atoms with Gasteiger partial charge in [-0.15, -0.1) is 6.58 Å². The molecule has 0 radical (unpaired) electrons. The SMILES string of the molecule is C=CCNC(=O)c1ccccc1NC(=O)CCC1Cc2ccccc2NC1=O. The van der Waals surface area contributed by atoms with E-state index < -0.39 is 0 Å². The predicted molar refractivity (Wildman–Crippen MR) is 109 cm³/mol. The van der Waals surface area contributed by atoms with Crippen molar-refractivity contribution in [2.45, 2.75) is 19.3 Å². The van der Waals surface area contributed by atoms with Crippen LogP contribution in [-0.4, -0.2) is 24.3 Å². The molecular formula is C22H23N3O3. The predicted octanol–water partition coefficient (Wildman–Crippen LogP) is 3.13. The summed E-state index contributed by atoms with van der Waals surface area (Å²) in [5.41, 5.74) is 2.76. The van der Waals surface area contributed by atoms with Crippen LogP contribution in [0.2, 0.25) is 0 Å². The molecule has 28 heavy (non-hydrogen) atoms. The summed E-state index contributed by atoms with van der Waals surface area (Å²) in [5, 5.41) is 8.38. The van der Waals surface area contributed by atoms with Gasteiger partial charge in [0.25, 0.3) is 5.91 Å². The molecule has 1 heterocycles. The summed E-state index contributed by atoms with van der Waals surface area (Å²) in [4.78, 5) is 36.9. The summed E-state index contributed by atoms with van der Waals surface area (Å²) in [5.74, 6) is -0.808. The first kappa shape index (κ1) is 19.4. The molecule has 144 valence electrons. The lowest BCUT2D eigenvalue weighted by Crippen LogP contribution is -2.31. The molecule has 6 nitrogen and oxygen atoms in total. The Kier molecular flexibility index (Phi) is 6.22. The van der Waals surface area contributed by atoms with Gasteiger partial charge < -0.3 is 16.0 Å². The van der Waals surface area contributed by atoms with E-state index in [1.54, 1.807) is 30.3 Å². The fourth-order valence-electron chi connectivity index (χ4n) is 3.21. The maximum atomic E-state index is 12.4. The van der Waals surface area contributed by atoms with Gasteiger partial charge in [0.15, 0.2) is 0 Å². The number of carbonyl (C=O) groups excluding carboxylic acids is 3. The standard InChI is InChI=1S/C22H23N3O3/c1-2-13-23-22(28)17-8-4-6-10-19(17)24-20(26)12-11-16-14-15-7-3-5-9-18(15)25-21(16)27/h2-10,16H,1,11-14H2,(H,23,28)(H,24,26)(H,25,27). The molecule has 2 aromatic carbocycles. The normalized spacial score (nSPS) is 15.1. The second-order valence-electron chi connectivity index (χ2n) is 6.68. The molecule has 0 aromatic heterocycles. The molecule has 0 spiro atoms. The smallest absolute Gasteiger partial charge is 0.253 e. The van der Waals surface area contributed by atoms with Crippen LogP contribution in [0.15, 0.2) is 61.2 Å². The fourth-order valence-corrected chi connectivity index (χ4v) is 3.21. The molecule has 3 amide bonds. The van der Waals surface area contributed by atoms with Crippen molar-refractivity contribution in [1.82, 2.24) is 5.32 Å². The summed E-state index contributed by atoms with van der Waals surface area (Å²) in [7, 11) is 0. The van der Waals surface area contributed by atoms with E-state index in [0.29, 0.717) is 30.6 Å². The topological polar surface area (TPSA) is 87.3 Å². The molecule has 6 heteroatoms. The molecule has 2 aromatic rings. The molecule has 1 unspecified atom stereocenters. The quantitative estimate of drug-likeness (QED) is 0.648. The average molecular weight is 377 g/mol. The minimum Gasteiger partial charge on any atom is -0.349 e. The maximum absolute atomic E-state index is 12.4. The van der Waals surface area contributed by atoms with Gasteiger partial charge >= 0.3 is 0 Å². The van der Waals surface area contributed by atoms with Crippen LogP contribution in [-0.2, 0) is 16.0 Å². The van der Waals surface area contributed by atoms with Crippen molar-refractivity contribution in [3.63, 3.8) is 0 Å². The number of carbonyl (C=O) groups is 3. The van der Waals surface area contributed by atoms with Crippen molar-refractivity contribution in [1.29, 1.82) is 0 Å². The molecule has 3 N–H and O–H groups in total. The van der Waals surface area contributed by atoms with E-state index in [4.69, 9.17) is 0 Å². The van der Waals surface area contributed by atoms with Gasteiger partial charge in [-0.05, 0) is 36.6 Å². The summed E-state index contributed by atoms with van der Waals surface area (Å²) in [6, 6.07) is 14.5. The third-order valence-corrected chi connectivity index (χ3v) is 4.68. The monoisotopic (exact) mass is 377 g/mol. The number of hydrogen-bond donors (Lipinski definition) is 3. The molecule has 0 saturated heterocycles. The summed E-state index contributed by atoms with van der Waals surface area (Å²) >= 11 is 0. The van der Waals surface area contributed by atoms with Crippen LogP contribution < -0.4 is 16.0 Å². The van der Waals surface area contributed by atoms with E-state index in [1.165, 1.54) is 0 Å². The van der Waals surface area contributed by atoms with Crippen LogP contribution in [0.4, 0.5) is 11.4 Å². The number of benzene rings is 2. The summed E-state index contributed by atoms with van der Waals surface area (Å²) in [6.45, 7) is 3.92. The van der Waals surface area contributed by atoms with Gasteiger partial charge in [0.2, 0.25) is 11.8 Å². The summed E-state index contributed by atoms with van der Waals surface area (Å²) in [6.07, 6.45) is 2.85. The lowest BCUT2D eigenvalue weighted by molar-refractivity contribution is -0.121. The molecule has 3 rings (SSSR count). The first-order chi connectivity index (χ1) is 13.6. The highest BCUT2D eigenvalue weighted by Gasteiger charge is 2.26. The Hall–Kier alpha value is -3.41. The number of hydrogen-bond acceptors (Lipinski definition) is 3. The zero-order chi connectivity index (χ0) is 19.9. The minimum absolute atomic E-state index is 0.0595. The number of rotatable bonds is 7. The first-order valence-electron chi connectivity index (χ1n) is 9.25. The number of fused-ring (bicyclic) bond motifs is 1. The average Bonchev–Trinajstić information content (AvgIpc) is 2.70. The van der Waals surface area contributed by atoms with Crippen molar-refractivity contribution >= 4 is 29.1 Å². The summed E-state index contributed by atoms with van der Waals surface area (Å²) < 4.78 is 0. The minimum atomic E-state index is -0.279. The van der Waals surface area contributed by atoms with Crippen LogP contribution in [0.3, 0.4) is 0 Å². The molecular weight excluding hydrogens is 354 g/mol. The van der Waals surface area contributed by atoms with E-state index >= 15 is 0 Å². The van der Waals surface area contributed by atoms with Crippen molar-refractivity contribution in [2.75, 3.05) is 17.2 Å². The van der Waals surface area contributed by atoms with Crippen molar-refractivity contribution in [2.24, 2.45) is 5.92 Å². The van der Waals surface area contributed by atoms with Crippen LogP contribution >= 0.6 is 0 Å². The Labute approximate surface area is 164 Å². The lowest BCUT2D eigenvalue weighted by Gasteiger charge is -2.24. The molecule has 0 aliphatic carbocycles. The number of amides is 3. The molecule has 1 atom stereocenters.